The Kier molecular flexibility index (Phi) is 6.02. The quantitative estimate of drug-likeness (QED) is 0.185. The van der Waals surface area contributed by atoms with Gasteiger partial charge in [0.25, 0.3) is 0 Å². The molecule has 0 radical (unpaired) electrons. The lowest BCUT2D eigenvalue weighted by atomic mass is 10.0. The molecule has 0 bridgehead atoms. The molecule has 0 atom stereocenters. The van der Waals surface area contributed by atoms with Crippen molar-refractivity contribution in [1.82, 2.24) is 19.9 Å². The van der Waals surface area contributed by atoms with Gasteiger partial charge in [0.15, 0.2) is 23.1 Å². The minimum atomic E-state index is 0.577. The van der Waals surface area contributed by atoms with Crippen molar-refractivity contribution in [3.05, 3.63) is 146 Å². The average molecular weight is 673 g/mol. The molecule has 11 rings (SSSR count). The van der Waals surface area contributed by atoms with Crippen molar-refractivity contribution >= 4 is 75.3 Å². The van der Waals surface area contributed by atoms with Crippen LogP contribution in [-0.4, -0.2) is 19.9 Å². The van der Waals surface area contributed by atoms with Crippen LogP contribution >= 0.6 is 11.3 Å². The molecular formula is C44H24N4O2S. The molecule has 51 heavy (non-hydrogen) atoms. The Labute approximate surface area is 294 Å². The van der Waals surface area contributed by atoms with E-state index in [1.54, 1.807) is 11.3 Å². The molecule has 0 saturated carbocycles. The third kappa shape index (κ3) is 4.42. The first-order valence-electron chi connectivity index (χ1n) is 16.7. The van der Waals surface area contributed by atoms with Gasteiger partial charge in [-0.05, 0) is 59.3 Å². The van der Waals surface area contributed by atoms with E-state index in [9.17, 15) is 0 Å². The average Bonchev–Trinajstić information content (AvgIpc) is 3.91. The Hall–Kier alpha value is -6.70. The molecule has 4 aromatic heterocycles. The third-order valence-electron chi connectivity index (χ3n) is 9.57. The maximum Gasteiger partial charge on any atom is 0.227 e. The lowest BCUT2D eigenvalue weighted by Crippen LogP contribution is -2.00. The van der Waals surface area contributed by atoms with Crippen molar-refractivity contribution < 1.29 is 8.83 Å². The fourth-order valence-corrected chi connectivity index (χ4v) is 8.38. The van der Waals surface area contributed by atoms with E-state index in [1.807, 2.05) is 78.9 Å². The van der Waals surface area contributed by atoms with E-state index in [2.05, 4.69) is 66.7 Å². The Morgan fingerprint density at radius 3 is 1.96 bits per heavy atom. The molecule has 6 nitrogen and oxygen atoms in total. The lowest BCUT2D eigenvalue weighted by molar-refractivity contribution is 0.619. The standard InChI is InChI=1S/C44H24N4O2S/c1-3-10-26(11-4-1)41-46-42(48-43(47-41)31-16-9-15-30-29-14-7-8-17-36(29)51-40(30)31)28-19-18-25-20-21-33-37(32(25)24-28)38-34(49-33)22-23-35-39(38)45-44(50-35)27-12-5-2-6-13-27/h1-24H. The highest BCUT2D eigenvalue weighted by Crippen LogP contribution is 2.42. The first-order valence-corrected chi connectivity index (χ1v) is 17.5. The summed E-state index contributed by atoms with van der Waals surface area (Å²) < 4.78 is 15.1. The number of hydrogen-bond acceptors (Lipinski definition) is 7. The third-order valence-corrected chi connectivity index (χ3v) is 10.8. The largest absolute Gasteiger partial charge is 0.456 e. The normalized spacial score (nSPS) is 11.9. The molecule has 0 aliphatic carbocycles. The maximum absolute atomic E-state index is 6.43. The van der Waals surface area contributed by atoms with E-state index in [0.717, 1.165) is 65.2 Å². The summed E-state index contributed by atoms with van der Waals surface area (Å²) in [5.74, 6) is 2.44. The smallest absolute Gasteiger partial charge is 0.227 e. The van der Waals surface area contributed by atoms with Gasteiger partial charge < -0.3 is 8.83 Å². The minimum absolute atomic E-state index is 0.577. The summed E-state index contributed by atoms with van der Waals surface area (Å²) in [7, 11) is 0. The highest BCUT2D eigenvalue weighted by Gasteiger charge is 2.20. The predicted molar refractivity (Wildman–Crippen MR) is 207 cm³/mol. The second kappa shape index (κ2) is 10.9. The van der Waals surface area contributed by atoms with Crippen LogP contribution in [0.25, 0.3) is 110 Å². The molecule has 7 heteroatoms. The van der Waals surface area contributed by atoms with Crippen molar-refractivity contribution in [2.45, 2.75) is 0 Å². The van der Waals surface area contributed by atoms with E-state index < -0.39 is 0 Å². The number of aromatic nitrogens is 4. The molecule has 238 valence electrons. The predicted octanol–water partition coefficient (Wildman–Crippen LogP) is 12.1. The Morgan fingerprint density at radius 1 is 0.431 bits per heavy atom. The van der Waals surface area contributed by atoms with Crippen LogP contribution in [0.4, 0.5) is 0 Å². The highest BCUT2D eigenvalue weighted by atomic mass is 32.1. The number of rotatable bonds is 4. The summed E-state index contributed by atoms with van der Waals surface area (Å²) in [6.45, 7) is 0. The van der Waals surface area contributed by atoms with Gasteiger partial charge in [0.05, 0.1) is 5.39 Å². The summed E-state index contributed by atoms with van der Waals surface area (Å²) in [4.78, 5) is 20.3. The van der Waals surface area contributed by atoms with Crippen LogP contribution in [0.1, 0.15) is 0 Å². The zero-order chi connectivity index (χ0) is 33.5. The van der Waals surface area contributed by atoms with Gasteiger partial charge in [0, 0.05) is 47.8 Å². The van der Waals surface area contributed by atoms with Gasteiger partial charge in [-0.1, -0.05) is 97.1 Å². The zero-order valence-corrected chi connectivity index (χ0v) is 27.7. The van der Waals surface area contributed by atoms with Gasteiger partial charge in [-0.2, -0.15) is 0 Å². The molecule has 0 aliphatic heterocycles. The van der Waals surface area contributed by atoms with Crippen LogP contribution in [0.3, 0.4) is 0 Å². The summed E-state index contributed by atoms with van der Waals surface area (Å²) in [6, 6.07) is 49.4. The number of thiophene rings is 1. The van der Waals surface area contributed by atoms with Crippen LogP contribution in [0.5, 0.6) is 0 Å². The van der Waals surface area contributed by atoms with Crippen molar-refractivity contribution in [3.63, 3.8) is 0 Å². The first kappa shape index (κ1) is 28.2. The minimum Gasteiger partial charge on any atom is -0.456 e. The van der Waals surface area contributed by atoms with Crippen LogP contribution in [0.2, 0.25) is 0 Å². The van der Waals surface area contributed by atoms with E-state index in [0.29, 0.717) is 28.9 Å². The lowest BCUT2D eigenvalue weighted by Gasteiger charge is -2.10. The number of furan rings is 1. The number of hydrogen-bond donors (Lipinski definition) is 0. The Balaban J connectivity index is 1.15. The number of oxazole rings is 1. The van der Waals surface area contributed by atoms with Crippen molar-refractivity contribution in [2.75, 3.05) is 0 Å². The van der Waals surface area contributed by atoms with Gasteiger partial charge in [0.1, 0.15) is 16.7 Å². The van der Waals surface area contributed by atoms with Crippen LogP contribution in [0.15, 0.2) is 154 Å². The molecule has 7 aromatic carbocycles. The van der Waals surface area contributed by atoms with Gasteiger partial charge in [-0.15, -0.1) is 11.3 Å². The second-order valence-electron chi connectivity index (χ2n) is 12.6. The molecular weight excluding hydrogens is 649 g/mol. The van der Waals surface area contributed by atoms with Gasteiger partial charge in [0.2, 0.25) is 5.89 Å². The van der Waals surface area contributed by atoms with E-state index >= 15 is 0 Å². The number of nitrogens with zero attached hydrogens (tertiary/aromatic N) is 4. The second-order valence-corrected chi connectivity index (χ2v) is 13.7. The Bertz CT molecular complexity index is 3150. The highest BCUT2D eigenvalue weighted by molar-refractivity contribution is 7.26. The van der Waals surface area contributed by atoms with E-state index in [-0.39, 0.29) is 0 Å². The van der Waals surface area contributed by atoms with Crippen LogP contribution < -0.4 is 0 Å². The molecule has 0 saturated heterocycles. The zero-order valence-electron chi connectivity index (χ0n) is 26.9. The SMILES string of the molecule is c1ccc(-c2nc(-c3ccc4ccc5oc6ccc7oc(-c8ccccc8)nc7c6c5c4c3)nc(-c3cccc4c3sc3ccccc34)n2)cc1. The topological polar surface area (TPSA) is 77.8 Å². The van der Waals surface area contributed by atoms with Crippen molar-refractivity contribution in [3.8, 4) is 45.6 Å². The Morgan fingerprint density at radius 2 is 1.10 bits per heavy atom. The number of benzene rings is 7. The molecule has 0 aliphatic rings. The van der Waals surface area contributed by atoms with E-state index in [4.69, 9.17) is 28.8 Å². The molecule has 0 amide bonds. The summed E-state index contributed by atoms with van der Waals surface area (Å²) in [5, 5.41) is 6.44. The molecule has 0 N–H and O–H groups in total. The van der Waals surface area contributed by atoms with Gasteiger partial charge in [-0.25, -0.2) is 19.9 Å². The molecule has 4 heterocycles. The van der Waals surface area contributed by atoms with Crippen molar-refractivity contribution in [2.24, 2.45) is 0 Å². The maximum atomic E-state index is 6.43. The van der Waals surface area contributed by atoms with E-state index in [1.165, 1.54) is 15.5 Å². The first-order chi connectivity index (χ1) is 25.2. The molecule has 0 fully saturated rings. The van der Waals surface area contributed by atoms with Crippen molar-refractivity contribution in [1.29, 1.82) is 0 Å². The monoisotopic (exact) mass is 672 g/mol. The molecule has 0 unspecified atom stereocenters. The molecule has 0 spiro atoms. The van der Waals surface area contributed by atoms with Crippen LogP contribution in [-0.2, 0) is 0 Å². The summed E-state index contributed by atoms with van der Waals surface area (Å²) >= 11 is 1.77. The number of fused-ring (bicyclic) bond motifs is 10. The summed E-state index contributed by atoms with van der Waals surface area (Å²) in [5.41, 5.74) is 6.74. The van der Waals surface area contributed by atoms with Crippen LogP contribution in [0, 0.1) is 0 Å². The molecule has 11 aromatic rings. The fourth-order valence-electron chi connectivity index (χ4n) is 7.17. The van der Waals surface area contributed by atoms with Gasteiger partial charge in [-0.3, -0.25) is 0 Å². The fraction of sp³-hybridized carbons (Fsp3) is 0. The van der Waals surface area contributed by atoms with Gasteiger partial charge >= 0.3 is 0 Å². The summed E-state index contributed by atoms with van der Waals surface area (Å²) in [6.07, 6.45) is 0.